The van der Waals surface area contributed by atoms with Crippen molar-refractivity contribution in [2.75, 3.05) is 11.9 Å². The molecule has 128 valence electrons. The van der Waals surface area contributed by atoms with Gasteiger partial charge in [0.25, 0.3) is 5.69 Å². The Morgan fingerprint density at radius 2 is 1.84 bits per heavy atom. The lowest BCUT2D eigenvalue weighted by Crippen LogP contribution is -2.39. The van der Waals surface area contributed by atoms with E-state index in [9.17, 15) is 24.5 Å². The van der Waals surface area contributed by atoms with Crippen molar-refractivity contribution in [1.82, 2.24) is 4.90 Å². The number of allylic oxidation sites excluding steroid dienone is 2. The summed E-state index contributed by atoms with van der Waals surface area (Å²) in [6.45, 7) is -0.368. The van der Waals surface area contributed by atoms with Gasteiger partial charge < -0.3 is 5.32 Å². The lowest BCUT2D eigenvalue weighted by atomic mass is 9.85. The van der Waals surface area contributed by atoms with Crippen molar-refractivity contribution in [2.45, 2.75) is 6.42 Å². The standard InChI is InChI=1S/C17H15N3O5/c21-13(18-11-2-1-3-12(7-11)20(24)25)8-19-16(22)14-9-4-5-10(6-9)15(14)17(19)23/h1-5,7,9-10,14-15H,6,8H2,(H,18,21)/t9-,10-,14-,15-/m0/s1. The van der Waals surface area contributed by atoms with Crippen LogP contribution >= 0.6 is 0 Å². The number of likely N-dealkylation sites (tertiary alicyclic amines) is 1. The summed E-state index contributed by atoms with van der Waals surface area (Å²) in [7, 11) is 0. The molecule has 0 spiro atoms. The van der Waals surface area contributed by atoms with Gasteiger partial charge >= 0.3 is 0 Å². The van der Waals surface area contributed by atoms with Crippen LogP contribution in [0.15, 0.2) is 36.4 Å². The Bertz CT molecular complexity index is 803. The number of carbonyl (C=O) groups excluding carboxylic acids is 3. The third-order valence-corrected chi connectivity index (χ3v) is 5.20. The van der Waals surface area contributed by atoms with E-state index in [2.05, 4.69) is 5.32 Å². The zero-order chi connectivity index (χ0) is 17.7. The Kier molecular flexibility index (Phi) is 3.41. The van der Waals surface area contributed by atoms with Crippen molar-refractivity contribution in [1.29, 1.82) is 0 Å². The molecule has 4 rings (SSSR count). The van der Waals surface area contributed by atoms with Crippen molar-refractivity contribution in [3.8, 4) is 0 Å². The van der Waals surface area contributed by atoms with Gasteiger partial charge in [0.2, 0.25) is 17.7 Å². The maximum absolute atomic E-state index is 12.5. The number of non-ortho nitro benzene ring substituents is 1. The first-order chi connectivity index (χ1) is 12.0. The Morgan fingerprint density at radius 1 is 1.20 bits per heavy atom. The average Bonchev–Trinajstić information content (AvgIpc) is 3.25. The zero-order valence-electron chi connectivity index (χ0n) is 13.1. The minimum Gasteiger partial charge on any atom is -0.324 e. The van der Waals surface area contributed by atoms with Gasteiger partial charge in [0, 0.05) is 17.8 Å². The van der Waals surface area contributed by atoms with E-state index in [0.717, 1.165) is 11.3 Å². The predicted molar refractivity (Wildman–Crippen MR) is 86.2 cm³/mol. The van der Waals surface area contributed by atoms with E-state index >= 15 is 0 Å². The molecule has 1 N–H and O–H groups in total. The number of amides is 3. The molecule has 2 bridgehead atoms. The minimum atomic E-state index is -0.562. The number of hydrogen-bond donors (Lipinski definition) is 1. The molecular formula is C17H15N3O5. The number of anilines is 1. The second kappa shape index (κ2) is 5.51. The Balaban J connectivity index is 1.45. The van der Waals surface area contributed by atoms with Gasteiger partial charge in [-0.1, -0.05) is 18.2 Å². The maximum atomic E-state index is 12.5. The number of imide groups is 1. The number of nitro groups is 1. The van der Waals surface area contributed by atoms with Gasteiger partial charge in [-0.2, -0.15) is 0 Å². The van der Waals surface area contributed by atoms with Crippen LogP contribution in [-0.4, -0.2) is 34.1 Å². The van der Waals surface area contributed by atoms with Crippen LogP contribution in [0.2, 0.25) is 0 Å². The molecule has 1 aromatic carbocycles. The highest BCUT2D eigenvalue weighted by Gasteiger charge is 2.59. The third-order valence-electron chi connectivity index (χ3n) is 5.20. The van der Waals surface area contributed by atoms with Gasteiger partial charge in [-0.25, -0.2) is 0 Å². The second-order valence-electron chi connectivity index (χ2n) is 6.62. The first kappa shape index (κ1) is 15.5. The molecule has 2 fully saturated rings. The van der Waals surface area contributed by atoms with Gasteiger partial charge in [0.15, 0.2) is 0 Å². The Morgan fingerprint density at radius 3 is 2.44 bits per heavy atom. The molecule has 0 radical (unpaired) electrons. The van der Waals surface area contributed by atoms with Gasteiger partial charge in [-0.3, -0.25) is 29.4 Å². The Labute approximate surface area is 142 Å². The topological polar surface area (TPSA) is 110 Å². The molecule has 0 unspecified atom stereocenters. The fraction of sp³-hybridized carbons (Fsp3) is 0.353. The van der Waals surface area contributed by atoms with Gasteiger partial charge in [0.05, 0.1) is 16.8 Å². The highest BCUT2D eigenvalue weighted by molar-refractivity contribution is 6.09. The number of carbonyl (C=O) groups is 3. The lowest BCUT2D eigenvalue weighted by molar-refractivity contribution is -0.384. The van der Waals surface area contributed by atoms with E-state index in [1.165, 1.54) is 24.3 Å². The van der Waals surface area contributed by atoms with Crippen LogP contribution in [-0.2, 0) is 14.4 Å². The number of hydrogen-bond acceptors (Lipinski definition) is 5. The molecule has 8 nitrogen and oxygen atoms in total. The molecule has 3 amide bonds. The fourth-order valence-electron chi connectivity index (χ4n) is 4.16. The summed E-state index contributed by atoms with van der Waals surface area (Å²) in [4.78, 5) is 48.5. The minimum absolute atomic E-state index is 0.0938. The van der Waals surface area contributed by atoms with Crippen LogP contribution < -0.4 is 5.32 Å². The summed E-state index contributed by atoms with van der Waals surface area (Å²) in [6, 6.07) is 5.50. The highest BCUT2D eigenvalue weighted by atomic mass is 16.6. The summed E-state index contributed by atoms with van der Waals surface area (Å²) in [5, 5.41) is 13.3. The van der Waals surface area contributed by atoms with Crippen molar-refractivity contribution in [2.24, 2.45) is 23.7 Å². The molecule has 25 heavy (non-hydrogen) atoms. The van der Waals surface area contributed by atoms with Crippen LogP contribution in [0.5, 0.6) is 0 Å². The molecule has 1 saturated heterocycles. The summed E-state index contributed by atoms with van der Waals surface area (Å²) < 4.78 is 0. The molecule has 1 saturated carbocycles. The molecule has 4 atom stereocenters. The number of benzene rings is 1. The molecule has 8 heteroatoms. The van der Waals surface area contributed by atoms with Crippen LogP contribution in [0.3, 0.4) is 0 Å². The molecular weight excluding hydrogens is 326 g/mol. The monoisotopic (exact) mass is 341 g/mol. The second-order valence-corrected chi connectivity index (χ2v) is 6.62. The van der Waals surface area contributed by atoms with Crippen LogP contribution in [0.25, 0.3) is 0 Å². The number of nitrogens with one attached hydrogen (secondary N) is 1. The van der Waals surface area contributed by atoms with Crippen molar-refractivity contribution < 1.29 is 19.3 Å². The molecule has 2 aliphatic carbocycles. The maximum Gasteiger partial charge on any atom is 0.271 e. The number of nitro benzene ring substituents is 1. The molecule has 1 aliphatic heterocycles. The largest absolute Gasteiger partial charge is 0.324 e. The van der Waals surface area contributed by atoms with E-state index in [1.54, 1.807) is 0 Å². The summed E-state index contributed by atoms with van der Waals surface area (Å²) in [6.07, 6.45) is 4.81. The van der Waals surface area contributed by atoms with Crippen molar-refractivity contribution in [3.63, 3.8) is 0 Å². The number of nitrogens with zero attached hydrogens (tertiary/aromatic N) is 2. The normalized spacial score (nSPS) is 29.2. The fourth-order valence-corrected chi connectivity index (χ4v) is 4.16. The SMILES string of the molecule is O=C(CN1C(=O)[C@@H]2[C@@H](C1=O)[C@H]1C=C[C@H]2C1)Nc1cccc([N+](=O)[O-])c1. The molecule has 1 aromatic rings. The van der Waals surface area contributed by atoms with Crippen LogP contribution in [0.1, 0.15) is 6.42 Å². The van der Waals surface area contributed by atoms with E-state index in [1.807, 2.05) is 12.2 Å². The molecule has 3 aliphatic rings. The number of fused-ring (bicyclic) bond motifs is 5. The van der Waals surface area contributed by atoms with Crippen LogP contribution in [0, 0.1) is 33.8 Å². The van der Waals surface area contributed by atoms with Gasteiger partial charge in [0.1, 0.15) is 6.54 Å². The summed E-state index contributed by atoms with van der Waals surface area (Å²) in [5.41, 5.74) is 0.100. The first-order valence-electron chi connectivity index (χ1n) is 8.03. The van der Waals surface area contributed by atoms with Crippen molar-refractivity contribution in [3.05, 3.63) is 46.5 Å². The predicted octanol–water partition coefficient (Wildman–Crippen LogP) is 1.34. The third kappa shape index (κ3) is 2.41. The lowest BCUT2D eigenvalue weighted by Gasteiger charge is -2.16. The molecule has 1 heterocycles. The van der Waals surface area contributed by atoms with E-state index in [4.69, 9.17) is 0 Å². The quantitative estimate of drug-likeness (QED) is 0.385. The molecule has 0 aromatic heterocycles. The van der Waals surface area contributed by atoms with Crippen molar-refractivity contribution >= 4 is 29.1 Å². The zero-order valence-corrected chi connectivity index (χ0v) is 13.1. The number of rotatable bonds is 4. The van der Waals surface area contributed by atoms with Crippen LogP contribution in [0.4, 0.5) is 11.4 Å². The van der Waals surface area contributed by atoms with Gasteiger partial charge in [-0.15, -0.1) is 0 Å². The van der Waals surface area contributed by atoms with E-state index < -0.39 is 10.8 Å². The highest BCUT2D eigenvalue weighted by Crippen LogP contribution is 2.52. The summed E-state index contributed by atoms with van der Waals surface area (Å²) >= 11 is 0. The van der Waals surface area contributed by atoms with Gasteiger partial charge in [-0.05, 0) is 24.3 Å². The Hall–Kier alpha value is -3.03. The first-order valence-corrected chi connectivity index (χ1v) is 8.03. The van der Waals surface area contributed by atoms with E-state index in [0.29, 0.717) is 0 Å². The average molecular weight is 341 g/mol. The smallest absolute Gasteiger partial charge is 0.271 e. The summed E-state index contributed by atoms with van der Waals surface area (Å²) in [5.74, 6) is -1.63. The van der Waals surface area contributed by atoms with E-state index in [-0.39, 0.29) is 53.4 Å².